The van der Waals surface area contributed by atoms with E-state index in [0.717, 1.165) is 15.6 Å². The number of aromatic nitrogens is 2. The van der Waals surface area contributed by atoms with Gasteiger partial charge in [0.2, 0.25) is 5.82 Å². The van der Waals surface area contributed by atoms with Crippen molar-refractivity contribution in [2.75, 3.05) is 5.73 Å². The Morgan fingerprint density at radius 2 is 2.06 bits per heavy atom. The molecule has 3 aromatic rings. The molecule has 0 fully saturated rings. The molecule has 0 aliphatic carbocycles. The van der Waals surface area contributed by atoms with E-state index in [4.69, 9.17) is 14.7 Å². The Morgan fingerprint density at radius 1 is 1.17 bits per heavy atom. The fourth-order valence-corrected chi connectivity index (χ4v) is 2.10. The van der Waals surface area contributed by atoms with E-state index in [2.05, 4.69) is 26.1 Å². The minimum atomic E-state index is 0.416. The summed E-state index contributed by atoms with van der Waals surface area (Å²) in [6.07, 6.45) is 3.12. The van der Waals surface area contributed by atoms with Crippen LogP contribution in [-0.2, 0) is 0 Å². The van der Waals surface area contributed by atoms with E-state index in [9.17, 15) is 0 Å². The summed E-state index contributed by atoms with van der Waals surface area (Å²) in [5.41, 5.74) is 7.93. The van der Waals surface area contributed by atoms with Crippen LogP contribution >= 0.6 is 15.9 Å². The number of nitrogens with zero attached hydrogens (tertiary/aromatic N) is 2. The predicted molar refractivity (Wildman–Crippen MR) is 69.5 cm³/mol. The van der Waals surface area contributed by atoms with E-state index < -0.39 is 0 Å². The number of nitrogen functional groups attached to an aromatic ring is 1. The first-order valence-corrected chi connectivity index (χ1v) is 5.94. The molecular weight excluding hydrogens is 298 g/mol. The highest BCUT2D eigenvalue weighted by atomic mass is 79.9. The van der Waals surface area contributed by atoms with Gasteiger partial charge in [-0.05, 0) is 24.3 Å². The second kappa shape index (κ2) is 4.30. The third-order valence-electron chi connectivity index (χ3n) is 2.37. The Labute approximate surface area is 111 Å². The molecule has 0 saturated carbocycles. The van der Waals surface area contributed by atoms with Crippen molar-refractivity contribution in [1.82, 2.24) is 10.1 Å². The van der Waals surface area contributed by atoms with Gasteiger partial charge in [0.1, 0.15) is 6.26 Å². The molecule has 3 rings (SSSR count). The van der Waals surface area contributed by atoms with Crippen LogP contribution in [0.1, 0.15) is 0 Å². The maximum absolute atomic E-state index is 5.76. The molecule has 18 heavy (non-hydrogen) atoms. The van der Waals surface area contributed by atoms with Crippen molar-refractivity contribution < 1.29 is 8.94 Å². The second-order valence-electron chi connectivity index (χ2n) is 3.71. The molecule has 6 heteroatoms. The smallest absolute Gasteiger partial charge is 0.258 e. The van der Waals surface area contributed by atoms with E-state index in [0.29, 0.717) is 17.4 Å². The molecule has 2 N–H and O–H groups in total. The number of hydrogen-bond acceptors (Lipinski definition) is 5. The number of anilines is 1. The summed E-state index contributed by atoms with van der Waals surface area (Å²) in [4.78, 5) is 4.29. The molecule has 5 nitrogen and oxygen atoms in total. The Bertz CT molecular complexity index is 656. The van der Waals surface area contributed by atoms with Crippen LogP contribution in [-0.4, -0.2) is 10.1 Å². The van der Waals surface area contributed by atoms with Gasteiger partial charge in [-0.25, -0.2) is 0 Å². The molecule has 0 saturated heterocycles. The largest absolute Gasteiger partial charge is 0.472 e. The zero-order valence-electron chi connectivity index (χ0n) is 9.13. The fraction of sp³-hybridized carbons (Fsp3) is 0. The lowest BCUT2D eigenvalue weighted by atomic mass is 10.2. The van der Waals surface area contributed by atoms with Gasteiger partial charge in [-0.15, -0.1) is 0 Å². The van der Waals surface area contributed by atoms with E-state index in [-0.39, 0.29) is 0 Å². The highest BCUT2D eigenvalue weighted by molar-refractivity contribution is 9.10. The molecule has 0 unspecified atom stereocenters. The van der Waals surface area contributed by atoms with E-state index >= 15 is 0 Å². The number of nitrogens with two attached hydrogens (primary N) is 1. The summed E-state index contributed by atoms with van der Waals surface area (Å²) in [5, 5.41) is 3.89. The topological polar surface area (TPSA) is 78.1 Å². The zero-order chi connectivity index (χ0) is 12.5. The number of furan rings is 1. The molecule has 0 bridgehead atoms. The minimum absolute atomic E-state index is 0.416. The molecule has 2 heterocycles. The Kier molecular flexibility index (Phi) is 2.64. The molecule has 0 amide bonds. The number of benzene rings is 1. The molecule has 0 aliphatic heterocycles. The zero-order valence-corrected chi connectivity index (χ0v) is 10.7. The lowest BCUT2D eigenvalue weighted by Crippen LogP contribution is -1.86. The Hall–Kier alpha value is -2.08. The lowest BCUT2D eigenvalue weighted by molar-refractivity contribution is 0.432. The number of halogens is 1. The number of rotatable bonds is 2. The van der Waals surface area contributed by atoms with Crippen LogP contribution in [0.25, 0.3) is 22.8 Å². The summed E-state index contributed by atoms with van der Waals surface area (Å²) in [7, 11) is 0. The third-order valence-corrected chi connectivity index (χ3v) is 2.83. The summed E-state index contributed by atoms with van der Waals surface area (Å²) < 4.78 is 11.0. The lowest BCUT2D eigenvalue weighted by Gasteiger charge is -1.98. The van der Waals surface area contributed by atoms with Crippen LogP contribution in [0.15, 0.2) is 50.2 Å². The van der Waals surface area contributed by atoms with Gasteiger partial charge in [0, 0.05) is 15.7 Å². The maximum Gasteiger partial charge on any atom is 0.258 e. The quantitative estimate of drug-likeness (QED) is 0.735. The average Bonchev–Trinajstić information content (AvgIpc) is 2.99. The van der Waals surface area contributed by atoms with Crippen molar-refractivity contribution in [3.8, 4) is 22.8 Å². The summed E-state index contributed by atoms with van der Waals surface area (Å²) >= 11 is 3.37. The van der Waals surface area contributed by atoms with Crippen molar-refractivity contribution in [2.45, 2.75) is 0 Å². The normalized spacial score (nSPS) is 10.7. The van der Waals surface area contributed by atoms with Crippen molar-refractivity contribution in [1.29, 1.82) is 0 Å². The monoisotopic (exact) mass is 305 g/mol. The first-order chi connectivity index (χ1) is 8.72. The van der Waals surface area contributed by atoms with Gasteiger partial charge in [-0.1, -0.05) is 21.1 Å². The predicted octanol–water partition coefficient (Wildman–Crippen LogP) is 3.34. The average molecular weight is 306 g/mol. The van der Waals surface area contributed by atoms with Crippen molar-refractivity contribution in [3.05, 3.63) is 41.3 Å². The summed E-state index contributed by atoms with van der Waals surface area (Å²) in [6.45, 7) is 0. The molecule has 0 radical (unpaired) electrons. The van der Waals surface area contributed by atoms with Crippen LogP contribution < -0.4 is 5.73 Å². The highest BCUT2D eigenvalue weighted by Crippen LogP contribution is 2.27. The molecule has 0 aliphatic rings. The van der Waals surface area contributed by atoms with Gasteiger partial charge in [0.05, 0.1) is 11.8 Å². The third kappa shape index (κ3) is 2.02. The molecule has 2 aromatic heterocycles. The van der Waals surface area contributed by atoms with Gasteiger partial charge >= 0.3 is 0 Å². The van der Waals surface area contributed by atoms with Crippen LogP contribution in [0.3, 0.4) is 0 Å². The minimum Gasteiger partial charge on any atom is -0.472 e. The fourth-order valence-electron chi connectivity index (χ4n) is 1.59. The van der Waals surface area contributed by atoms with Crippen LogP contribution in [0.2, 0.25) is 0 Å². The van der Waals surface area contributed by atoms with Crippen LogP contribution in [0, 0.1) is 0 Å². The van der Waals surface area contributed by atoms with Gasteiger partial charge in [0.15, 0.2) is 0 Å². The van der Waals surface area contributed by atoms with Crippen molar-refractivity contribution >= 4 is 21.6 Å². The van der Waals surface area contributed by atoms with Gasteiger partial charge in [-0.2, -0.15) is 4.98 Å². The maximum atomic E-state index is 5.76. The Morgan fingerprint density at radius 3 is 2.78 bits per heavy atom. The van der Waals surface area contributed by atoms with Crippen molar-refractivity contribution in [3.63, 3.8) is 0 Å². The van der Waals surface area contributed by atoms with Gasteiger partial charge < -0.3 is 14.7 Å². The van der Waals surface area contributed by atoms with E-state index in [1.54, 1.807) is 30.7 Å². The van der Waals surface area contributed by atoms with E-state index in [1.807, 2.05) is 6.07 Å². The summed E-state index contributed by atoms with van der Waals surface area (Å²) in [5.74, 6) is 0.900. The van der Waals surface area contributed by atoms with Gasteiger partial charge in [0.25, 0.3) is 5.89 Å². The summed E-state index contributed by atoms with van der Waals surface area (Å²) in [6, 6.07) is 7.21. The molecular formula is C12H8BrN3O2. The Balaban J connectivity index is 2.03. The SMILES string of the molecule is Nc1cc(Br)cc(-c2nc(-c3ccoc3)no2)c1. The molecule has 0 spiro atoms. The molecule has 90 valence electrons. The van der Waals surface area contributed by atoms with Gasteiger partial charge in [-0.3, -0.25) is 0 Å². The first kappa shape index (κ1) is 11.0. The molecule has 0 atom stereocenters. The highest BCUT2D eigenvalue weighted by Gasteiger charge is 2.12. The van der Waals surface area contributed by atoms with Crippen LogP contribution in [0.4, 0.5) is 5.69 Å². The van der Waals surface area contributed by atoms with Crippen LogP contribution in [0.5, 0.6) is 0 Å². The standard InChI is InChI=1S/C12H8BrN3O2/c13-9-3-8(4-10(14)5-9)12-15-11(16-18-12)7-1-2-17-6-7/h1-6H,14H2. The van der Waals surface area contributed by atoms with Crippen molar-refractivity contribution in [2.24, 2.45) is 0 Å². The molecule has 1 aromatic carbocycles. The number of hydrogen-bond donors (Lipinski definition) is 1. The van der Waals surface area contributed by atoms with E-state index in [1.165, 1.54) is 0 Å². The first-order valence-electron chi connectivity index (χ1n) is 5.15. The second-order valence-corrected chi connectivity index (χ2v) is 4.62.